The summed E-state index contributed by atoms with van der Waals surface area (Å²) in [4.78, 5) is 30.8. The molecule has 2 N–H and O–H groups in total. The van der Waals surface area contributed by atoms with Crippen LogP contribution in [-0.4, -0.2) is 15.9 Å². The number of nitrogens with zero attached hydrogens (tertiary/aromatic N) is 1. The van der Waals surface area contributed by atoms with Crippen LogP contribution in [0.5, 0.6) is 0 Å². The van der Waals surface area contributed by atoms with Crippen LogP contribution in [0.15, 0.2) is 23.0 Å². The molecule has 0 saturated carbocycles. The van der Waals surface area contributed by atoms with Gasteiger partial charge in [-0.1, -0.05) is 23.7 Å². The molecule has 1 aromatic heterocycles. The third-order valence-corrected chi connectivity index (χ3v) is 3.90. The van der Waals surface area contributed by atoms with Crippen molar-refractivity contribution in [1.29, 1.82) is 0 Å². The van der Waals surface area contributed by atoms with Crippen LogP contribution in [0, 0.1) is 19.7 Å². The normalized spacial score (nSPS) is 11.4. The molecule has 1 heterocycles. The fourth-order valence-electron chi connectivity index (χ4n) is 2.17. The second kappa shape index (κ2) is 6.12. The predicted molar refractivity (Wildman–Crippen MR) is 86.2 cm³/mol. The average Bonchev–Trinajstić information content (AvgIpc) is 2.45. The van der Waals surface area contributed by atoms with Gasteiger partial charge in [-0.2, -0.15) is 0 Å². The maximum absolute atomic E-state index is 14.2. The molecule has 7 heteroatoms. The van der Waals surface area contributed by atoms with E-state index in [4.69, 9.17) is 11.6 Å². The third-order valence-electron chi connectivity index (χ3n) is 3.60. The molecule has 1 amide bonds. The van der Waals surface area contributed by atoms with Gasteiger partial charge in [-0.3, -0.25) is 9.59 Å². The number of aryl methyl sites for hydroxylation is 2. The van der Waals surface area contributed by atoms with Crippen LogP contribution in [0.4, 0.5) is 4.39 Å². The Kier molecular flexibility index (Phi) is 4.56. The molecular weight excluding hydrogens is 321 g/mol. The minimum absolute atomic E-state index is 0.0352. The van der Waals surface area contributed by atoms with Gasteiger partial charge < -0.3 is 10.3 Å². The first kappa shape index (κ1) is 17.1. The standard InChI is InChI=1S/C16H17ClFN3O2/c1-8-9(2)20-14(22)13(19-8)15(23)21-16(3,4)10-6-5-7-11(17)12(10)18/h5-7H,1-4H3,(H,20,22)(H,21,23). The van der Waals surface area contributed by atoms with E-state index in [0.717, 1.165) is 0 Å². The summed E-state index contributed by atoms with van der Waals surface area (Å²) in [5.74, 6) is -1.29. The maximum Gasteiger partial charge on any atom is 0.279 e. The second-order valence-electron chi connectivity index (χ2n) is 5.81. The molecule has 5 nitrogen and oxygen atoms in total. The topological polar surface area (TPSA) is 74.8 Å². The van der Waals surface area contributed by atoms with Gasteiger partial charge in [0.25, 0.3) is 11.5 Å². The molecule has 0 aliphatic heterocycles. The smallest absolute Gasteiger partial charge is 0.279 e. The molecule has 0 aliphatic carbocycles. The fourth-order valence-corrected chi connectivity index (χ4v) is 2.35. The lowest BCUT2D eigenvalue weighted by atomic mass is 9.93. The summed E-state index contributed by atoms with van der Waals surface area (Å²) in [5, 5.41) is 2.59. The Morgan fingerprint density at radius 2 is 2.00 bits per heavy atom. The van der Waals surface area contributed by atoms with Crippen LogP contribution >= 0.6 is 11.6 Å². The van der Waals surface area contributed by atoms with Gasteiger partial charge in [0.05, 0.1) is 16.3 Å². The molecule has 2 aromatic rings. The number of rotatable bonds is 3. The van der Waals surface area contributed by atoms with Gasteiger partial charge in [0.2, 0.25) is 0 Å². The first-order valence-corrected chi connectivity index (χ1v) is 7.36. The molecule has 0 atom stereocenters. The maximum atomic E-state index is 14.2. The van der Waals surface area contributed by atoms with Gasteiger partial charge in [-0.25, -0.2) is 9.37 Å². The van der Waals surface area contributed by atoms with Crippen molar-refractivity contribution in [2.24, 2.45) is 0 Å². The molecule has 0 unspecified atom stereocenters. The molecular formula is C16H17ClFN3O2. The van der Waals surface area contributed by atoms with Crippen molar-refractivity contribution in [1.82, 2.24) is 15.3 Å². The number of aromatic amines is 1. The minimum atomic E-state index is -1.07. The lowest BCUT2D eigenvalue weighted by molar-refractivity contribution is 0.0903. The number of benzene rings is 1. The van der Waals surface area contributed by atoms with Gasteiger partial charge in [0, 0.05) is 11.3 Å². The largest absolute Gasteiger partial charge is 0.341 e. The van der Waals surface area contributed by atoms with E-state index in [-0.39, 0.29) is 16.3 Å². The summed E-state index contributed by atoms with van der Waals surface area (Å²) in [6, 6.07) is 4.54. The Bertz CT molecular complexity index is 831. The number of aromatic nitrogens is 2. The van der Waals surface area contributed by atoms with Crippen molar-refractivity contribution in [3.63, 3.8) is 0 Å². The van der Waals surface area contributed by atoms with Crippen molar-refractivity contribution in [3.05, 3.63) is 62.0 Å². The monoisotopic (exact) mass is 337 g/mol. The lowest BCUT2D eigenvalue weighted by Gasteiger charge is -2.27. The second-order valence-corrected chi connectivity index (χ2v) is 6.21. The lowest BCUT2D eigenvalue weighted by Crippen LogP contribution is -2.44. The highest BCUT2D eigenvalue weighted by atomic mass is 35.5. The van der Waals surface area contributed by atoms with E-state index >= 15 is 0 Å². The van der Waals surface area contributed by atoms with Gasteiger partial charge in [0.15, 0.2) is 5.69 Å². The predicted octanol–water partition coefficient (Wildman–Crippen LogP) is 2.84. The number of nitrogens with one attached hydrogen (secondary N) is 2. The van der Waals surface area contributed by atoms with Crippen molar-refractivity contribution < 1.29 is 9.18 Å². The van der Waals surface area contributed by atoms with E-state index in [0.29, 0.717) is 11.4 Å². The Balaban J connectivity index is 2.37. The highest BCUT2D eigenvalue weighted by Crippen LogP contribution is 2.27. The van der Waals surface area contributed by atoms with Gasteiger partial charge in [-0.15, -0.1) is 0 Å². The van der Waals surface area contributed by atoms with E-state index in [1.807, 2.05) is 0 Å². The zero-order valence-corrected chi connectivity index (χ0v) is 14.0. The molecule has 0 radical (unpaired) electrons. The summed E-state index contributed by atoms with van der Waals surface area (Å²) < 4.78 is 14.2. The van der Waals surface area contributed by atoms with E-state index in [1.54, 1.807) is 33.8 Å². The van der Waals surface area contributed by atoms with Crippen LogP contribution in [0.3, 0.4) is 0 Å². The van der Waals surface area contributed by atoms with E-state index in [2.05, 4.69) is 15.3 Å². The molecule has 0 fully saturated rings. The Hall–Kier alpha value is -2.21. The number of carbonyl (C=O) groups is 1. The molecule has 0 spiro atoms. The quantitative estimate of drug-likeness (QED) is 0.904. The summed E-state index contributed by atoms with van der Waals surface area (Å²) in [6.45, 7) is 6.62. The minimum Gasteiger partial charge on any atom is -0.341 e. The van der Waals surface area contributed by atoms with Gasteiger partial charge in [-0.05, 0) is 33.8 Å². The molecule has 23 heavy (non-hydrogen) atoms. The first-order chi connectivity index (χ1) is 10.6. The number of halogens is 2. The summed E-state index contributed by atoms with van der Waals surface area (Å²) in [7, 11) is 0. The van der Waals surface area contributed by atoms with E-state index < -0.39 is 22.8 Å². The zero-order valence-electron chi connectivity index (χ0n) is 13.3. The molecule has 0 aliphatic rings. The molecule has 2 rings (SSSR count). The Labute approximate surface area is 137 Å². The van der Waals surface area contributed by atoms with E-state index in [9.17, 15) is 14.0 Å². The highest BCUT2D eigenvalue weighted by Gasteiger charge is 2.29. The Morgan fingerprint density at radius 1 is 1.35 bits per heavy atom. The number of H-pyrrole nitrogens is 1. The number of amides is 1. The van der Waals surface area contributed by atoms with Crippen molar-refractivity contribution in [3.8, 4) is 0 Å². The summed E-state index contributed by atoms with van der Waals surface area (Å²) in [5.41, 5.74) is -0.567. The van der Waals surface area contributed by atoms with Gasteiger partial charge >= 0.3 is 0 Å². The molecule has 0 bridgehead atoms. The van der Waals surface area contributed by atoms with Crippen LogP contribution < -0.4 is 10.9 Å². The highest BCUT2D eigenvalue weighted by molar-refractivity contribution is 6.30. The van der Waals surface area contributed by atoms with Crippen molar-refractivity contribution in [2.75, 3.05) is 0 Å². The molecule has 122 valence electrons. The number of carbonyl (C=O) groups excluding carboxylic acids is 1. The average molecular weight is 338 g/mol. The van der Waals surface area contributed by atoms with Crippen LogP contribution in [0.25, 0.3) is 0 Å². The number of hydrogen-bond acceptors (Lipinski definition) is 3. The fraction of sp³-hybridized carbons (Fsp3) is 0.312. The molecule has 1 aromatic carbocycles. The summed E-state index contributed by atoms with van der Waals surface area (Å²) in [6.07, 6.45) is 0. The molecule has 0 saturated heterocycles. The van der Waals surface area contributed by atoms with Gasteiger partial charge in [0.1, 0.15) is 5.82 Å². The Morgan fingerprint density at radius 3 is 2.65 bits per heavy atom. The zero-order chi connectivity index (χ0) is 17.4. The first-order valence-electron chi connectivity index (χ1n) is 6.98. The van der Waals surface area contributed by atoms with Crippen LogP contribution in [0.2, 0.25) is 5.02 Å². The number of hydrogen-bond donors (Lipinski definition) is 2. The van der Waals surface area contributed by atoms with Crippen LogP contribution in [-0.2, 0) is 5.54 Å². The van der Waals surface area contributed by atoms with E-state index in [1.165, 1.54) is 12.1 Å². The van der Waals surface area contributed by atoms with Crippen molar-refractivity contribution >= 4 is 17.5 Å². The van der Waals surface area contributed by atoms with Crippen molar-refractivity contribution in [2.45, 2.75) is 33.2 Å². The summed E-state index contributed by atoms with van der Waals surface area (Å²) >= 11 is 5.78. The SMILES string of the molecule is Cc1nc(C(=O)NC(C)(C)c2cccc(Cl)c2F)c(=O)[nH]c1C. The third kappa shape index (κ3) is 3.42. The van der Waals surface area contributed by atoms with Crippen LogP contribution in [0.1, 0.15) is 41.3 Å².